The summed E-state index contributed by atoms with van der Waals surface area (Å²) in [5, 5.41) is 0. The highest BCUT2D eigenvalue weighted by Crippen LogP contribution is 2.13. The Hall–Kier alpha value is -0.440. The van der Waals surface area contributed by atoms with Crippen LogP contribution in [0.25, 0.3) is 0 Å². The van der Waals surface area contributed by atoms with Crippen LogP contribution in [-0.4, -0.2) is 4.98 Å². The molecule has 0 unspecified atom stereocenters. The standard InChI is InChI=1S/C6H5BrFN/c7-5-2-1-3-9-6(5)4-8/h1-3H,4H2/i4D2. The zero-order valence-corrected chi connectivity index (χ0v) is 6.02. The molecule has 0 fully saturated rings. The molecule has 0 N–H and O–H groups in total. The first kappa shape index (κ1) is 4.39. The quantitative estimate of drug-likeness (QED) is 0.665. The van der Waals surface area contributed by atoms with Crippen molar-refractivity contribution >= 4 is 15.9 Å². The van der Waals surface area contributed by atoms with Crippen molar-refractivity contribution in [1.29, 1.82) is 0 Å². The largest absolute Gasteiger partial charge is 0.257 e. The number of rotatable bonds is 1. The van der Waals surface area contributed by atoms with Gasteiger partial charge in [0, 0.05) is 10.7 Å². The number of pyridine rings is 1. The van der Waals surface area contributed by atoms with Crippen LogP contribution >= 0.6 is 15.9 Å². The van der Waals surface area contributed by atoms with E-state index in [1.807, 2.05) is 0 Å². The second kappa shape index (κ2) is 2.92. The fourth-order valence-corrected chi connectivity index (χ4v) is 0.785. The molecule has 0 saturated carbocycles. The van der Waals surface area contributed by atoms with E-state index < -0.39 is 6.63 Å². The van der Waals surface area contributed by atoms with Crippen LogP contribution < -0.4 is 0 Å². The lowest BCUT2D eigenvalue weighted by Crippen LogP contribution is -1.84. The summed E-state index contributed by atoms with van der Waals surface area (Å²) in [6, 6.07) is 3.14. The van der Waals surface area contributed by atoms with Gasteiger partial charge < -0.3 is 0 Å². The van der Waals surface area contributed by atoms with Crippen molar-refractivity contribution in [3.8, 4) is 0 Å². The van der Waals surface area contributed by atoms with E-state index in [2.05, 4.69) is 20.9 Å². The second-order valence-corrected chi connectivity index (χ2v) is 2.28. The van der Waals surface area contributed by atoms with Crippen molar-refractivity contribution in [3.05, 3.63) is 28.5 Å². The lowest BCUT2D eigenvalue weighted by molar-refractivity contribution is 0.474. The Kier molecular flexibility index (Phi) is 1.42. The van der Waals surface area contributed by atoms with E-state index in [4.69, 9.17) is 2.74 Å². The number of nitrogens with zero attached hydrogens (tertiary/aromatic N) is 1. The molecule has 1 heterocycles. The Morgan fingerprint density at radius 1 is 1.89 bits per heavy atom. The summed E-state index contributed by atoms with van der Waals surface area (Å²) in [5.41, 5.74) is -0.222. The number of hydrogen-bond donors (Lipinski definition) is 0. The predicted molar refractivity (Wildman–Crippen MR) is 36.7 cm³/mol. The molecule has 48 valence electrons. The molecule has 0 amide bonds. The molecule has 1 aromatic rings. The summed E-state index contributed by atoms with van der Waals surface area (Å²) in [5.74, 6) is 0. The minimum atomic E-state index is -2.87. The fraction of sp³-hybridized carbons (Fsp3) is 0.167. The van der Waals surface area contributed by atoms with Crippen molar-refractivity contribution in [2.75, 3.05) is 0 Å². The molecular formula is C6H5BrFN. The van der Waals surface area contributed by atoms with E-state index in [-0.39, 0.29) is 5.69 Å². The summed E-state index contributed by atoms with van der Waals surface area (Å²) in [4.78, 5) is 3.55. The van der Waals surface area contributed by atoms with Gasteiger partial charge in [0.25, 0.3) is 0 Å². The van der Waals surface area contributed by atoms with E-state index in [0.717, 1.165) is 0 Å². The minimum absolute atomic E-state index is 0.222. The van der Waals surface area contributed by atoms with Crippen LogP contribution in [-0.2, 0) is 6.63 Å². The van der Waals surface area contributed by atoms with Gasteiger partial charge >= 0.3 is 0 Å². The van der Waals surface area contributed by atoms with Crippen molar-refractivity contribution in [3.63, 3.8) is 0 Å². The third kappa shape index (κ3) is 1.48. The molecule has 3 heteroatoms. The lowest BCUT2D eigenvalue weighted by Gasteiger charge is -1.93. The molecule has 9 heavy (non-hydrogen) atoms. The van der Waals surface area contributed by atoms with Gasteiger partial charge in [-0.25, -0.2) is 4.39 Å². The average molecular weight is 192 g/mol. The monoisotopic (exact) mass is 191 g/mol. The summed E-state index contributed by atoms with van der Waals surface area (Å²) < 4.78 is 26.4. The first-order valence-electron chi connectivity index (χ1n) is 3.32. The maximum absolute atomic E-state index is 12.6. The van der Waals surface area contributed by atoms with Crippen molar-refractivity contribution < 1.29 is 7.13 Å². The van der Waals surface area contributed by atoms with Crippen LogP contribution in [0.2, 0.25) is 0 Å². The Morgan fingerprint density at radius 3 is 3.11 bits per heavy atom. The summed E-state index contributed by atoms with van der Waals surface area (Å²) in [6.07, 6.45) is 1.34. The van der Waals surface area contributed by atoms with E-state index in [1.54, 1.807) is 12.1 Å². The lowest BCUT2D eigenvalue weighted by atomic mass is 10.4. The van der Waals surface area contributed by atoms with Gasteiger partial charge in [0.05, 0.1) is 8.44 Å². The smallest absolute Gasteiger partial charge is 0.133 e. The molecule has 0 spiro atoms. The van der Waals surface area contributed by atoms with E-state index in [0.29, 0.717) is 4.47 Å². The van der Waals surface area contributed by atoms with Crippen LogP contribution in [0.5, 0.6) is 0 Å². The Balaban J connectivity index is 3.14. The topological polar surface area (TPSA) is 12.9 Å². The zero-order valence-electron chi connectivity index (χ0n) is 6.44. The molecular weight excluding hydrogens is 185 g/mol. The van der Waals surface area contributed by atoms with Gasteiger partial charge in [-0.15, -0.1) is 0 Å². The van der Waals surface area contributed by atoms with Crippen molar-refractivity contribution in [2.24, 2.45) is 0 Å². The summed E-state index contributed by atoms with van der Waals surface area (Å²) >= 11 is 2.99. The van der Waals surface area contributed by atoms with E-state index >= 15 is 0 Å². The van der Waals surface area contributed by atoms with Crippen molar-refractivity contribution in [2.45, 2.75) is 6.63 Å². The van der Waals surface area contributed by atoms with E-state index in [1.165, 1.54) is 6.20 Å². The van der Waals surface area contributed by atoms with Crippen LogP contribution in [0.1, 0.15) is 8.44 Å². The molecule has 1 nitrogen and oxygen atoms in total. The summed E-state index contributed by atoms with van der Waals surface area (Å²) in [6.45, 7) is -2.87. The summed E-state index contributed by atoms with van der Waals surface area (Å²) in [7, 11) is 0. The molecule has 0 aromatic carbocycles. The first-order valence-corrected chi connectivity index (χ1v) is 3.11. The van der Waals surface area contributed by atoms with Gasteiger partial charge in [-0.05, 0) is 28.1 Å². The van der Waals surface area contributed by atoms with Gasteiger partial charge in [-0.2, -0.15) is 0 Å². The maximum atomic E-state index is 12.6. The minimum Gasteiger partial charge on any atom is -0.257 e. The predicted octanol–water partition coefficient (Wildman–Crippen LogP) is 2.31. The van der Waals surface area contributed by atoms with Crippen LogP contribution in [0.3, 0.4) is 0 Å². The van der Waals surface area contributed by atoms with Gasteiger partial charge in [-0.1, -0.05) is 0 Å². The Bertz CT molecular complexity index is 261. The van der Waals surface area contributed by atoms with Gasteiger partial charge in [0.1, 0.15) is 6.63 Å². The Morgan fingerprint density at radius 2 is 2.67 bits per heavy atom. The molecule has 0 aliphatic heterocycles. The normalized spacial score (nSPS) is 14.4. The third-order valence-electron chi connectivity index (χ3n) is 0.848. The number of hydrogen-bond acceptors (Lipinski definition) is 1. The SMILES string of the molecule is [2H]C([2H])(F)c1ncccc1Br. The van der Waals surface area contributed by atoms with Crippen LogP contribution in [0.4, 0.5) is 4.39 Å². The van der Waals surface area contributed by atoms with Gasteiger partial charge in [0.2, 0.25) is 0 Å². The highest BCUT2D eigenvalue weighted by atomic mass is 79.9. The molecule has 0 aliphatic rings. The maximum Gasteiger partial charge on any atom is 0.133 e. The molecule has 0 atom stereocenters. The number of alkyl halides is 1. The second-order valence-electron chi connectivity index (χ2n) is 1.43. The third-order valence-corrected chi connectivity index (χ3v) is 1.49. The van der Waals surface area contributed by atoms with Gasteiger partial charge in [0.15, 0.2) is 0 Å². The van der Waals surface area contributed by atoms with Crippen molar-refractivity contribution in [1.82, 2.24) is 4.98 Å². The average Bonchev–Trinajstić information content (AvgIpc) is 1.86. The van der Waals surface area contributed by atoms with E-state index in [9.17, 15) is 4.39 Å². The first-order chi connectivity index (χ1) is 5.02. The molecule has 0 saturated heterocycles. The van der Waals surface area contributed by atoms with Crippen LogP contribution in [0.15, 0.2) is 22.8 Å². The molecule has 0 bridgehead atoms. The zero-order chi connectivity index (χ0) is 8.48. The highest BCUT2D eigenvalue weighted by molar-refractivity contribution is 9.10. The Labute approximate surface area is 63.9 Å². The van der Waals surface area contributed by atoms with Crippen LogP contribution in [0, 0.1) is 0 Å². The fourth-order valence-electron chi connectivity index (χ4n) is 0.455. The molecule has 1 aromatic heterocycles. The molecule has 1 rings (SSSR count). The number of aromatic nitrogens is 1. The highest BCUT2D eigenvalue weighted by Gasteiger charge is 1.95. The number of halogens is 2. The van der Waals surface area contributed by atoms with Gasteiger partial charge in [-0.3, -0.25) is 4.98 Å². The molecule has 0 radical (unpaired) electrons. The molecule has 0 aliphatic carbocycles.